The van der Waals surface area contributed by atoms with E-state index >= 15 is 0 Å². The van der Waals surface area contributed by atoms with Crippen molar-refractivity contribution >= 4 is 67.1 Å². The molecule has 0 saturated carbocycles. The van der Waals surface area contributed by atoms with Crippen LogP contribution in [0.15, 0.2) is 75.8 Å². The number of hydrogen-bond acceptors (Lipinski definition) is 7. The Labute approximate surface area is 263 Å². The van der Waals surface area contributed by atoms with Crippen molar-refractivity contribution in [3.05, 3.63) is 81.8 Å². The van der Waals surface area contributed by atoms with Crippen LogP contribution in [0.4, 0.5) is 17.1 Å². The second kappa shape index (κ2) is 13.3. The number of nitrogens with one attached hydrogen (secondary N) is 1. The third kappa shape index (κ3) is 6.77. The quantitative estimate of drug-likeness (QED) is 0.175. The van der Waals surface area contributed by atoms with Crippen LogP contribution in [-0.4, -0.2) is 25.5 Å². The molecule has 0 aliphatic rings. The van der Waals surface area contributed by atoms with Crippen molar-refractivity contribution in [2.24, 2.45) is 10.2 Å². The van der Waals surface area contributed by atoms with Crippen LogP contribution >= 0.6 is 23.2 Å². The Kier molecular flexibility index (Phi) is 10.6. The second-order valence-electron chi connectivity index (χ2n) is 8.25. The van der Waals surface area contributed by atoms with E-state index in [1.54, 1.807) is 49.4 Å². The van der Waals surface area contributed by atoms with Crippen molar-refractivity contribution in [1.82, 2.24) is 0 Å². The minimum absolute atomic E-state index is 0. The van der Waals surface area contributed by atoms with Crippen LogP contribution in [-0.2, 0) is 16.5 Å². The average molecular weight is 610 g/mol. The van der Waals surface area contributed by atoms with E-state index < -0.39 is 26.7 Å². The Morgan fingerprint density at radius 3 is 2.40 bits per heavy atom. The van der Waals surface area contributed by atoms with E-state index in [9.17, 15) is 22.9 Å². The third-order valence-electron chi connectivity index (χ3n) is 5.77. The summed E-state index contributed by atoms with van der Waals surface area (Å²) in [4.78, 5) is 12.7. The molecule has 0 aromatic heterocycles. The summed E-state index contributed by atoms with van der Waals surface area (Å²) in [6.45, 7) is 3.89. The van der Waals surface area contributed by atoms with Crippen molar-refractivity contribution in [3.8, 4) is 11.5 Å². The van der Waals surface area contributed by atoms with Gasteiger partial charge in [0.25, 0.3) is 16.0 Å². The van der Waals surface area contributed by atoms with Crippen LogP contribution in [0.25, 0.3) is 10.8 Å². The molecule has 4 rings (SSSR count). The Morgan fingerprint density at radius 2 is 1.73 bits per heavy atom. The van der Waals surface area contributed by atoms with Gasteiger partial charge in [-0.1, -0.05) is 60.1 Å². The van der Waals surface area contributed by atoms with Crippen LogP contribution < -0.4 is 44.7 Å². The maximum absolute atomic E-state index is 13.5. The van der Waals surface area contributed by atoms with Gasteiger partial charge in [0.2, 0.25) is 0 Å². The zero-order chi connectivity index (χ0) is 28.3. The molecule has 0 aliphatic heterocycles. The molecule has 0 spiro atoms. The average Bonchev–Trinajstić information content (AvgIpc) is 2.89. The fourth-order valence-electron chi connectivity index (χ4n) is 4.01. The first-order chi connectivity index (χ1) is 18.5. The van der Waals surface area contributed by atoms with Crippen molar-refractivity contribution in [1.29, 1.82) is 0 Å². The van der Waals surface area contributed by atoms with Gasteiger partial charge in [-0.3, -0.25) is 9.35 Å². The molecule has 0 bridgehead atoms. The minimum atomic E-state index is -4.73. The maximum atomic E-state index is 13.5. The number of ether oxygens (including phenoxy) is 1. The van der Waals surface area contributed by atoms with E-state index in [4.69, 9.17) is 27.9 Å². The number of amides is 1. The van der Waals surface area contributed by atoms with E-state index in [-0.39, 0.29) is 74.2 Å². The van der Waals surface area contributed by atoms with Crippen LogP contribution in [0.2, 0.25) is 10.0 Å². The maximum Gasteiger partial charge on any atom is 1.00 e. The predicted octanol–water partition coefficient (Wildman–Crippen LogP) is 4.10. The molecule has 4 aromatic rings. The Hall–Kier alpha value is -2.70. The molecule has 0 fully saturated rings. The number of nitrogens with zero attached hydrogens (tertiary/aromatic N) is 2. The van der Waals surface area contributed by atoms with Gasteiger partial charge >= 0.3 is 29.6 Å². The largest absolute Gasteiger partial charge is 1.00 e. The summed E-state index contributed by atoms with van der Waals surface area (Å²) in [5, 5.41) is 25.4. The first-order valence-corrected chi connectivity index (χ1v) is 13.9. The van der Waals surface area contributed by atoms with E-state index in [0.717, 1.165) is 0 Å². The second-order valence-corrected chi connectivity index (χ2v) is 10.4. The number of anilines is 1. The summed E-state index contributed by atoms with van der Waals surface area (Å²) in [5.74, 6) is -1.00. The van der Waals surface area contributed by atoms with Crippen molar-refractivity contribution < 1.29 is 57.2 Å². The monoisotopic (exact) mass is 609 g/mol. The van der Waals surface area contributed by atoms with Crippen LogP contribution in [0, 0.1) is 0 Å². The molecule has 0 heterocycles. The molecule has 13 heteroatoms. The molecule has 4 aromatic carbocycles. The molecule has 0 saturated heterocycles. The zero-order valence-electron chi connectivity index (χ0n) is 21.7. The van der Waals surface area contributed by atoms with E-state index in [1.807, 2.05) is 6.92 Å². The van der Waals surface area contributed by atoms with Gasteiger partial charge in [-0.05, 0) is 54.6 Å². The Morgan fingerprint density at radius 1 is 1.02 bits per heavy atom. The fraction of sp³-hybridized carbons (Fsp3) is 0.148. The van der Waals surface area contributed by atoms with Gasteiger partial charge in [-0.2, -0.15) is 13.5 Å². The number of benzene rings is 4. The molecular formula is C27H22Cl2N3NaO6S. The molecule has 1 amide bonds. The van der Waals surface area contributed by atoms with Crippen molar-refractivity contribution in [3.63, 3.8) is 0 Å². The number of hydrogen-bond donors (Lipinski definition) is 2. The number of carbonyl (C=O) groups excluding carboxylic acids is 1. The molecule has 0 unspecified atom stereocenters. The van der Waals surface area contributed by atoms with Gasteiger partial charge in [0.15, 0.2) is 0 Å². The molecular weight excluding hydrogens is 588 g/mol. The van der Waals surface area contributed by atoms with Gasteiger partial charge in [0.05, 0.1) is 23.0 Å². The van der Waals surface area contributed by atoms with E-state index in [1.165, 1.54) is 18.2 Å². The van der Waals surface area contributed by atoms with Crippen LogP contribution in [0.5, 0.6) is 11.5 Å². The van der Waals surface area contributed by atoms with Crippen molar-refractivity contribution in [2.75, 3.05) is 11.9 Å². The summed E-state index contributed by atoms with van der Waals surface area (Å²) in [6.07, 6.45) is 0.190. The third-order valence-corrected chi connectivity index (χ3v) is 7.42. The molecule has 0 aliphatic carbocycles. The molecule has 9 nitrogen and oxygen atoms in total. The number of fused-ring (bicyclic) bond motifs is 1. The van der Waals surface area contributed by atoms with Gasteiger partial charge in [-0.25, -0.2) is 0 Å². The number of carbonyl (C=O) groups is 1. The van der Waals surface area contributed by atoms with Gasteiger partial charge in [-0.15, -0.1) is 5.11 Å². The molecule has 0 radical (unpaired) electrons. The normalized spacial score (nSPS) is 11.4. The first-order valence-electron chi connectivity index (χ1n) is 11.7. The van der Waals surface area contributed by atoms with Gasteiger partial charge in [0.1, 0.15) is 16.3 Å². The Bertz CT molecular complexity index is 1730. The summed E-state index contributed by atoms with van der Waals surface area (Å²) in [6, 6.07) is 15.6. The smallest absolute Gasteiger partial charge is 0.870 e. The first kappa shape index (κ1) is 31.8. The SMILES string of the molecule is CCOc1ccc(Cl)c(NC(=O)c2cc3ccccc3c(N=Nc3ccc(Cl)c(CC)c3S(=O)(=O)O)c2[O-])c1.[Na+]. The minimum Gasteiger partial charge on any atom is -0.870 e. The van der Waals surface area contributed by atoms with Gasteiger partial charge < -0.3 is 15.2 Å². The summed E-state index contributed by atoms with van der Waals surface area (Å²) in [5.41, 5.74) is -0.240. The Balaban J connectivity index is 0.00000441. The zero-order valence-corrected chi connectivity index (χ0v) is 26.1. The number of rotatable bonds is 8. The molecule has 202 valence electrons. The summed E-state index contributed by atoms with van der Waals surface area (Å²) >= 11 is 12.4. The van der Waals surface area contributed by atoms with Crippen molar-refractivity contribution in [2.45, 2.75) is 25.2 Å². The van der Waals surface area contributed by atoms with Crippen LogP contribution in [0.3, 0.4) is 0 Å². The number of halogens is 2. The van der Waals surface area contributed by atoms with Crippen LogP contribution in [0.1, 0.15) is 29.8 Å². The summed E-state index contributed by atoms with van der Waals surface area (Å²) in [7, 11) is -4.73. The molecule has 40 heavy (non-hydrogen) atoms. The van der Waals surface area contributed by atoms with E-state index in [0.29, 0.717) is 23.1 Å². The topological polar surface area (TPSA) is 140 Å². The summed E-state index contributed by atoms with van der Waals surface area (Å²) < 4.78 is 39.6. The van der Waals surface area contributed by atoms with Gasteiger partial charge in [0, 0.05) is 22.0 Å². The predicted molar refractivity (Wildman–Crippen MR) is 149 cm³/mol. The standard InChI is InChI=1S/C27H23Cl2N3O6S.Na/c1-3-17-20(28)11-12-22(26(17)39(35,36)37)31-32-24-18-8-6-5-7-15(18)13-19(25(24)33)27(34)30-23-14-16(38-4-2)9-10-21(23)29;/h5-14,33H,3-4H2,1-2H3,(H,30,34)(H,35,36,37);/q;+1/p-1. The van der Waals surface area contributed by atoms with E-state index in [2.05, 4.69) is 15.5 Å². The fourth-order valence-corrected chi connectivity index (χ4v) is 5.47. The molecule has 2 N–H and O–H groups in total. The number of azo groups is 1. The molecule has 0 atom stereocenters.